The first-order valence-corrected chi connectivity index (χ1v) is 17.1. The van der Waals surface area contributed by atoms with E-state index in [1.807, 2.05) is 13.8 Å². The summed E-state index contributed by atoms with van der Waals surface area (Å²) in [5, 5.41) is 14.1. The summed E-state index contributed by atoms with van der Waals surface area (Å²) in [6.07, 6.45) is 2.38. The number of carbonyl (C=O) groups excluding carboxylic acids is 1. The molecule has 0 unspecified atom stereocenters. The third-order valence-electron chi connectivity index (χ3n) is 6.24. The minimum Gasteiger partial charge on any atom is -0.506 e. The summed E-state index contributed by atoms with van der Waals surface area (Å²) in [6.45, 7) is 3.85. The van der Waals surface area contributed by atoms with Gasteiger partial charge in [0.2, 0.25) is 20.0 Å². The summed E-state index contributed by atoms with van der Waals surface area (Å²) in [4.78, 5) is 14.1. The average Bonchev–Trinajstić information content (AvgIpc) is 2.79. The summed E-state index contributed by atoms with van der Waals surface area (Å²) in [5.41, 5.74) is -1.60. The van der Waals surface area contributed by atoms with Crippen molar-refractivity contribution in [2.24, 2.45) is 10.3 Å². The third kappa shape index (κ3) is 5.83. The molecule has 0 bridgehead atoms. The standard InChI is InChI=1S/C24H30N4O8S3/c1-14(2)11-12-24(28-38(4,33)34)17-8-6-5-7-16(17)21(29)20(22(24)30)23-25-18-10-9-15(26-37(3,31)32)13-19(18)39(35,36)27-23/h5-10,13-14,26,28-29,35-36H,11-12H2,1-4H3,(H,25,27)/t24-/m0/s1. The minimum absolute atomic E-state index is 0.0605. The zero-order valence-electron chi connectivity index (χ0n) is 21.6. The topological polar surface area (TPSA) is 194 Å². The van der Waals surface area contributed by atoms with Gasteiger partial charge in [0, 0.05) is 5.56 Å². The third-order valence-corrected chi connectivity index (χ3v) is 8.93. The van der Waals surface area contributed by atoms with Crippen molar-refractivity contribution in [3.63, 3.8) is 0 Å². The van der Waals surface area contributed by atoms with Crippen molar-refractivity contribution in [1.29, 1.82) is 0 Å². The molecule has 0 fully saturated rings. The van der Waals surface area contributed by atoms with E-state index in [0.29, 0.717) is 6.42 Å². The van der Waals surface area contributed by atoms with E-state index in [0.717, 1.165) is 12.5 Å². The number of amidine groups is 1. The average molecular weight is 599 g/mol. The van der Waals surface area contributed by atoms with Crippen LogP contribution in [0.25, 0.3) is 5.76 Å². The summed E-state index contributed by atoms with van der Waals surface area (Å²) < 4.78 is 78.9. The highest BCUT2D eigenvalue weighted by Gasteiger charge is 2.51. The van der Waals surface area contributed by atoms with Crippen LogP contribution >= 0.6 is 10.8 Å². The Morgan fingerprint density at radius 1 is 1.05 bits per heavy atom. The van der Waals surface area contributed by atoms with Crippen LogP contribution in [0.1, 0.15) is 37.8 Å². The molecule has 2 aromatic carbocycles. The Morgan fingerprint density at radius 3 is 2.33 bits per heavy atom. The van der Waals surface area contributed by atoms with Crippen LogP contribution in [0, 0.1) is 5.92 Å². The van der Waals surface area contributed by atoms with Crippen molar-refractivity contribution in [2.45, 2.75) is 37.1 Å². The Balaban J connectivity index is 1.90. The van der Waals surface area contributed by atoms with Crippen LogP contribution in [0.15, 0.2) is 57.3 Å². The maximum absolute atomic E-state index is 14.2. The molecule has 1 aliphatic carbocycles. The number of Topliss-reactive ketones (excluding diaryl/α,β-unsaturated/α-hetero) is 1. The molecule has 2 aromatic rings. The molecule has 15 heteroatoms. The van der Waals surface area contributed by atoms with Gasteiger partial charge in [0.05, 0.1) is 23.9 Å². The van der Waals surface area contributed by atoms with Crippen LogP contribution in [0.5, 0.6) is 0 Å². The van der Waals surface area contributed by atoms with Crippen molar-refractivity contribution in [3.8, 4) is 0 Å². The number of aliphatic hydroxyl groups is 1. The van der Waals surface area contributed by atoms with E-state index in [-0.39, 0.29) is 45.6 Å². The molecular formula is C24H30N4O8S3. The Labute approximate surface area is 228 Å². The monoisotopic (exact) mass is 598 g/mol. The predicted octanol–water partition coefficient (Wildman–Crippen LogP) is 3.64. The number of anilines is 2. The van der Waals surface area contributed by atoms with E-state index in [1.165, 1.54) is 24.3 Å². The highest BCUT2D eigenvalue weighted by Crippen LogP contribution is 2.57. The number of carbonyl (C=O) groups is 1. The molecule has 2 aliphatic rings. The van der Waals surface area contributed by atoms with Crippen molar-refractivity contribution < 1.29 is 35.8 Å². The summed E-state index contributed by atoms with van der Waals surface area (Å²) in [6, 6.07) is 10.3. The second-order valence-corrected chi connectivity index (χ2v) is 15.1. The number of rotatable bonds is 8. The summed E-state index contributed by atoms with van der Waals surface area (Å²) in [7, 11) is -11.6. The lowest BCUT2D eigenvalue weighted by molar-refractivity contribution is -0.121. The number of nitrogens with zero attached hydrogens (tertiary/aromatic N) is 1. The van der Waals surface area contributed by atoms with Gasteiger partial charge < -0.3 is 10.4 Å². The maximum Gasteiger partial charge on any atom is 0.229 e. The van der Waals surface area contributed by atoms with E-state index in [1.54, 1.807) is 18.2 Å². The lowest BCUT2D eigenvalue weighted by atomic mass is 9.72. The number of hydrogen-bond acceptors (Lipinski definition) is 10. The smallest absolute Gasteiger partial charge is 0.229 e. The van der Waals surface area contributed by atoms with Crippen LogP contribution in [0.4, 0.5) is 11.4 Å². The zero-order chi connectivity index (χ0) is 29.0. The molecule has 39 heavy (non-hydrogen) atoms. The number of hydrogen-bond donors (Lipinski definition) is 6. The quantitative estimate of drug-likeness (QED) is 0.263. The molecule has 1 heterocycles. The van der Waals surface area contributed by atoms with Gasteiger partial charge in [0.25, 0.3) is 0 Å². The van der Waals surface area contributed by atoms with Crippen LogP contribution < -0.4 is 14.8 Å². The molecule has 0 saturated heterocycles. The normalized spacial score (nSPS) is 21.5. The van der Waals surface area contributed by atoms with Crippen molar-refractivity contribution in [2.75, 3.05) is 22.6 Å². The molecule has 4 rings (SSSR count). The molecule has 0 aromatic heterocycles. The Hall–Kier alpha value is -2.95. The summed E-state index contributed by atoms with van der Waals surface area (Å²) >= 11 is 0. The van der Waals surface area contributed by atoms with Gasteiger partial charge in [-0.15, -0.1) is 4.40 Å². The van der Waals surface area contributed by atoms with E-state index >= 15 is 0 Å². The zero-order valence-corrected chi connectivity index (χ0v) is 24.0. The van der Waals surface area contributed by atoms with Crippen LogP contribution in [-0.2, 0) is 30.4 Å². The first-order chi connectivity index (χ1) is 17.9. The predicted molar refractivity (Wildman–Crippen MR) is 152 cm³/mol. The lowest BCUT2D eigenvalue weighted by Gasteiger charge is -2.40. The molecule has 1 aliphatic heterocycles. The van der Waals surface area contributed by atoms with Crippen molar-refractivity contribution in [3.05, 3.63) is 59.2 Å². The van der Waals surface area contributed by atoms with E-state index in [4.69, 9.17) is 0 Å². The number of nitrogens with one attached hydrogen (secondary N) is 3. The molecule has 212 valence electrons. The SMILES string of the molecule is CC(C)CC[C@@]1(NS(C)(=O)=O)C(=O)C(C2=NS(O)(O)c3cc(NS(C)(=O)=O)ccc3N2)=C(O)c2ccccc21. The number of benzene rings is 2. The first-order valence-electron chi connectivity index (χ1n) is 11.8. The fraction of sp³-hybridized carbons (Fsp3) is 0.333. The van der Waals surface area contributed by atoms with Gasteiger partial charge in [0.1, 0.15) is 21.8 Å². The first kappa shape index (κ1) is 29.0. The van der Waals surface area contributed by atoms with Crippen molar-refractivity contribution >= 4 is 59.6 Å². The Kier molecular flexibility index (Phi) is 7.38. The maximum atomic E-state index is 14.2. The van der Waals surface area contributed by atoms with Gasteiger partial charge in [-0.1, -0.05) is 48.9 Å². The van der Waals surface area contributed by atoms with Gasteiger partial charge in [-0.2, -0.15) is 4.72 Å². The van der Waals surface area contributed by atoms with E-state index < -0.39 is 53.5 Å². The second-order valence-electron chi connectivity index (χ2n) is 9.98. The van der Waals surface area contributed by atoms with Gasteiger partial charge in [-0.25, -0.2) is 16.8 Å². The molecular weight excluding hydrogens is 568 g/mol. The van der Waals surface area contributed by atoms with Crippen molar-refractivity contribution in [1.82, 2.24) is 4.72 Å². The van der Waals surface area contributed by atoms with Crippen LogP contribution in [0.3, 0.4) is 0 Å². The number of sulfonamides is 2. The highest BCUT2D eigenvalue weighted by atomic mass is 32.3. The van der Waals surface area contributed by atoms with E-state index in [9.17, 15) is 35.8 Å². The molecule has 6 N–H and O–H groups in total. The largest absolute Gasteiger partial charge is 0.506 e. The lowest BCUT2D eigenvalue weighted by Crippen LogP contribution is -2.55. The molecule has 1 atom stereocenters. The second kappa shape index (κ2) is 9.91. The number of fused-ring (bicyclic) bond motifs is 2. The van der Waals surface area contributed by atoms with E-state index in [2.05, 4.69) is 19.2 Å². The minimum atomic E-state index is -3.99. The Morgan fingerprint density at radius 2 is 1.72 bits per heavy atom. The molecule has 0 amide bonds. The van der Waals surface area contributed by atoms with Gasteiger partial charge >= 0.3 is 0 Å². The summed E-state index contributed by atoms with van der Waals surface area (Å²) in [5.74, 6) is -1.59. The Bertz CT molecular complexity index is 1630. The molecule has 12 nitrogen and oxygen atoms in total. The molecule has 0 saturated carbocycles. The van der Waals surface area contributed by atoms with Crippen LogP contribution in [-0.4, -0.2) is 55.2 Å². The van der Waals surface area contributed by atoms with Crippen LogP contribution in [0.2, 0.25) is 0 Å². The fourth-order valence-electron chi connectivity index (χ4n) is 4.65. The van der Waals surface area contributed by atoms with Gasteiger partial charge in [0.15, 0.2) is 11.6 Å². The van der Waals surface area contributed by atoms with Gasteiger partial charge in [-0.05, 0) is 42.5 Å². The molecule has 0 radical (unpaired) electrons. The molecule has 0 spiro atoms. The number of ketones is 1. The van der Waals surface area contributed by atoms with Gasteiger partial charge in [-0.3, -0.25) is 18.6 Å². The number of aliphatic hydroxyl groups excluding tert-OH is 1. The highest BCUT2D eigenvalue weighted by molar-refractivity contribution is 8.23. The fourth-order valence-corrected chi connectivity index (χ4v) is 7.33.